The highest BCUT2D eigenvalue weighted by Gasteiger charge is 3.02. The average molecular weight is 490 g/mol. The number of carbonyl (C=O) groups excluding carboxylic acids is 2. The lowest BCUT2D eigenvalue weighted by Gasteiger charge is -2.51. The van der Waals surface area contributed by atoms with Crippen LogP contribution in [0.2, 0.25) is 0 Å². The number of carbonyl (C=O) groups is 2. The first-order chi connectivity index (χ1) is 14.1. The Morgan fingerprint density at radius 1 is 0.656 bits per heavy atom. The first kappa shape index (κ1) is 23.8. The molecule has 16 heteroatoms. The molecular weight excluding hydrogens is 487 g/mol. The molecule has 0 unspecified atom stereocenters. The number of Topliss-reactive ketones (excluding diaryl/α,β-unsaturated/α-hetero) is 2. The van der Waals surface area contributed by atoms with E-state index in [1.54, 1.807) is 0 Å². The van der Waals surface area contributed by atoms with Gasteiger partial charge in [-0.1, -0.05) is 0 Å². The van der Waals surface area contributed by atoms with Crippen molar-refractivity contribution in [2.24, 2.45) is 0 Å². The number of aliphatic hydroxyl groups excluding tert-OH is 1. The van der Waals surface area contributed by atoms with Gasteiger partial charge in [0.2, 0.25) is 11.6 Å². The van der Waals surface area contributed by atoms with Crippen molar-refractivity contribution in [3.8, 4) is 0 Å². The van der Waals surface area contributed by atoms with E-state index in [0.717, 1.165) is 0 Å². The van der Waals surface area contributed by atoms with Gasteiger partial charge in [0.15, 0.2) is 11.6 Å². The maximum absolute atomic E-state index is 14.8. The summed E-state index contributed by atoms with van der Waals surface area (Å²) in [6.07, 6.45) is 0. The van der Waals surface area contributed by atoms with Crippen LogP contribution in [0.1, 0.15) is 15.9 Å². The van der Waals surface area contributed by atoms with Crippen molar-refractivity contribution in [3.05, 3.63) is 40.5 Å². The van der Waals surface area contributed by atoms with Gasteiger partial charge in [-0.05, 0) is 12.1 Å². The zero-order valence-corrected chi connectivity index (χ0v) is 14.3. The first-order valence-electron chi connectivity index (χ1n) is 7.74. The molecule has 0 saturated heterocycles. The van der Waals surface area contributed by atoms with Gasteiger partial charge in [0.25, 0.3) is 0 Å². The summed E-state index contributed by atoms with van der Waals surface area (Å²) < 4.78 is 178. The van der Waals surface area contributed by atoms with Crippen molar-refractivity contribution in [3.63, 3.8) is 0 Å². The molecule has 1 N–H and O–H groups in total. The molecule has 1 aromatic carbocycles. The van der Waals surface area contributed by atoms with E-state index >= 15 is 0 Å². The van der Waals surface area contributed by atoms with Crippen molar-refractivity contribution < 1.29 is 71.8 Å². The van der Waals surface area contributed by atoms with Crippen LogP contribution in [0, 0.1) is 11.6 Å². The fourth-order valence-electron chi connectivity index (χ4n) is 3.20. The molecule has 0 spiro atoms. The lowest BCUT2D eigenvalue weighted by molar-refractivity contribution is -0.475. The topological polar surface area (TPSA) is 54.4 Å². The number of rotatable bonds is 2. The Bertz CT molecular complexity index is 1070. The molecule has 0 heterocycles. The molecule has 0 radical (unpaired) electrons. The van der Waals surface area contributed by atoms with E-state index in [0.29, 0.717) is 0 Å². The van der Waals surface area contributed by atoms with Gasteiger partial charge in [-0.3, -0.25) is 9.59 Å². The number of benzene rings is 1. The second-order valence-corrected chi connectivity index (χ2v) is 6.72. The van der Waals surface area contributed by atoms with Gasteiger partial charge in [0.1, 0.15) is 11.3 Å². The molecule has 1 aromatic rings. The second-order valence-electron chi connectivity index (χ2n) is 6.72. The number of halogens is 13. The third-order valence-corrected chi connectivity index (χ3v) is 5.01. The Hall–Kier alpha value is -2.81. The minimum atomic E-state index is -7.63. The van der Waals surface area contributed by atoms with Crippen LogP contribution < -0.4 is 0 Å². The molecule has 0 aromatic heterocycles. The Morgan fingerprint density at radius 3 is 1.41 bits per heavy atom. The minimum absolute atomic E-state index is 0.127. The molecule has 0 amide bonds. The monoisotopic (exact) mass is 490 g/mol. The van der Waals surface area contributed by atoms with E-state index in [4.69, 9.17) is 0 Å². The smallest absolute Gasteiger partial charge is 0.384 e. The number of aliphatic hydroxyl groups is 1. The number of fused-ring (bicyclic) bond motifs is 1. The summed E-state index contributed by atoms with van der Waals surface area (Å²) in [7, 11) is 0. The highest BCUT2D eigenvalue weighted by atomic mass is 19.4. The normalized spacial score (nSPS) is 26.1. The van der Waals surface area contributed by atoms with Crippen LogP contribution in [0.3, 0.4) is 0 Å². The van der Waals surface area contributed by atoms with Gasteiger partial charge in [0, 0.05) is 11.1 Å². The van der Waals surface area contributed by atoms with Gasteiger partial charge >= 0.3 is 35.3 Å². The van der Waals surface area contributed by atoms with E-state index in [1.165, 1.54) is 0 Å². The molecule has 176 valence electrons. The number of hydrogen-bond donors (Lipinski definition) is 1. The Labute approximate surface area is 166 Å². The third kappa shape index (κ3) is 2.15. The zero-order valence-electron chi connectivity index (χ0n) is 14.3. The van der Waals surface area contributed by atoms with Crippen LogP contribution in [-0.2, 0) is 4.79 Å². The SMILES string of the molecule is O=C1C(C(=O)C2(F)C(F)(F)C(F)(F)C(F)(F)C(F)(F)C2(F)F)=C(O)c2cc(F)c(F)cc21. The van der Waals surface area contributed by atoms with Crippen LogP contribution in [0.5, 0.6) is 0 Å². The molecule has 3 rings (SSSR count). The number of hydrogen-bond acceptors (Lipinski definition) is 3. The number of ketones is 2. The van der Waals surface area contributed by atoms with E-state index in [9.17, 15) is 71.8 Å². The fourth-order valence-corrected chi connectivity index (χ4v) is 3.20. The highest BCUT2D eigenvalue weighted by Crippen LogP contribution is 2.70. The lowest BCUT2D eigenvalue weighted by atomic mass is 9.68. The Morgan fingerprint density at radius 2 is 1.00 bits per heavy atom. The first-order valence-corrected chi connectivity index (χ1v) is 7.74. The van der Waals surface area contributed by atoms with Crippen molar-refractivity contribution in [2.45, 2.75) is 35.3 Å². The summed E-state index contributed by atoms with van der Waals surface area (Å²) in [5.41, 5.74) is -12.5. The van der Waals surface area contributed by atoms with E-state index < -0.39 is 80.9 Å². The summed E-state index contributed by atoms with van der Waals surface area (Å²) in [6, 6.07) is -0.277. The van der Waals surface area contributed by atoms with Crippen LogP contribution in [0.15, 0.2) is 17.7 Å². The van der Waals surface area contributed by atoms with Gasteiger partial charge in [-0.2, -0.15) is 43.9 Å². The summed E-state index contributed by atoms with van der Waals surface area (Å²) in [5.74, 6) is -50.3. The maximum atomic E-state index is 14.8. The van der Waals surface area contributed by atoms with Crippen LogP contribution in [-0.4, -0.2) is 52.0 Å². The van der Waals surface area contributed by atoms with Crippen molar-refractivity contribution >= 4 is 17.3 Å². The standard InChI is InChI=1S/C16H3F13O3/c17-5-1-3-4(2-6(5)18)9(31)7(8(3)30)10(32)11(19)12(20,21)14(24,25)16(28,29)15(26,27)13(11,22)23/h1-2,30H. The number of alkyl halides is 11. The molecule has 0 aliphatic heterocycles. The fraction of sp³-hybridized carbons (Fsp3) is 0.375. The van der Waals surface area contributed by atoms with E-state index in [1.807, 2.05) is 0 Å². The predicted octanol–water partition coefficient (Wildman–Crippen LogP) is 4.90. The van der Waals surface area contributed by atoms with Gasteiger partial charge in [-0.25, -0.2) is 13.2 Å². The molecule has 0 bridgehead atoms. The van der Waals surface area contributed by atoms with Crippen molar-refractivity contribution in [2.75, 3.05) is 0 Å². The summed E-state index contributed by atoms with van der Waals surface area (Å²) >= 11 is 0. The predicted molar refractivity (Wildman–Crippen MR) is 73.8 cm³/mol. The van der Waals surface area contributed by atoms with E-state index in [2.05, 4.69) is 0 Å². The molecule has 2 aliphatic rings. The zero-order chi connectivity index (χ0) is 25.0. The Balaban J connectivity index is 2.33. The highest BCUT2D eigenvalue weighted by molar-refractivity contribution is 6.36. The summed E-state index contributed by atoms with van der Waals surface area (Å²) in [4.78, 5) is 24.2. The van der Waals surface area contributed by atoms with Crippen LogP contribution in [0.4, 0.5) is 57.1 Å². The quantitative estimate of drug-likeness (QED) is 0.475. The van der Waals surface area contributed by atoms with Crippen LogP contribution >= 0.6 is 0 Å². The molecular formula is C16H3F13O3. The van der Waals surface area contributed by atoms with Crippen molar-refractivity contribution in [1.82, 2.24) is 0 Å². The molecule has 1 saturated carbocycles. The third-order valence-electron chi connectivity index (χ3n) is 5.01. The Kier molecular flexibility index (Phi) is 4.43. The largest absolute Gasteiger partial charge is 0.506 e. The summed E-state index contributed by atoms with van der Waals surface area (Å²) in [5, 5.41) is 9.71. The molecule has 0 atom stereocenters. The molecule has 3 nitrogen and oxygen atoms in total. The second kappa shape index (κ2) is 5.95. The molecule has 1 fully saturated rings. The maximum Gasteiger partial charge on any atom is 0.384 e. The number of allylic oxidation sites excluding steroid dienone is 1. The van der Waals surface area contributed by atoms with Gasteiger partial charge in [0.05, 0.1) is 0 Å². The van der Waals surface area contributed by atoms with E-state index in [-0.39, 0.29) is 12.1 Å². The lowest BCUT2D eigenvalue weighted by Crippen LogP contribution is -2.85. The molecule has 32 heavy (non-hydrogen) atoms. The average Bonchev–Trinajstić information content (AvgIpc) is 2.89. The minimum Gasteiger partial charge on any atom is -0.506 e. The summed E-state index contributed by atoms with van der Waals surface area (Å²) in [6.45, 7) is 0. The van der Waals surface area contributed by atoms with Gasteiger partial charge in [-0.15, -0.1) is 0 Å². The van der Waals surface area contributed by atoms with Crippen molar-refractivity contribution in [1.29, 1.82) is 0 Å². The van der Waals surface area contributed by atoms with Gasteiger partial charge < -0.3 is 5.11 Å². The van der Waals surface area contributed by atoms with Crippen LogP contribution in [0.25, 0.3) is 5.76 Å². The molecule has 2 aliphatic carbocycles.